The van der Waals surface area contributed by atoms with Crippen LogP contribution in [0.15, 0.2) is 18.2 Å². The number of nitrogens with one attached hydrogen (secondary N) is 2. The molecule has 0 amide bonds. The van der Waals surface area contributed by atoms with Crippen molar-refractivity contribution in [2.45, 2.75) is 0 Å². The maximum atomic E-state index is 5.41. The molecule has 2 N–H and O–H groups in total. The molecule has 21 heavy (non-hydrogen) atoms. The van der Waals surface area contributed by atoms with Gasteiger partial charge in [-0.05, 0) is 12.1 Å². The molecule has 0 atom stereocenters. The number of anilines is 1. The number of methoxy groups -OCH3 is 2. The molecule has 112 valence electrons. The molecule has 3 rings (SSSR count). The summed E-state index contributed by atoms with van der Waals surface area (Å²) < 4.78 is 10.6. The second kappa shape index (κ2) is 6.01. The molecular formula is C14H19N5O2. The summed E-state index contributed by atoms with van der Waals surface area (Å²) >= 11 is 0. The number of hydrogen-bond acceptors (Lipinski definition) is 6. The van der Waals surface area contributed by atoms with Gasteiger partial charge in [0.2, 0.25) is 5.95 Å². The van der Waals surface area contributed by atoms with Crippen LogP contribution >= 0.6 is 0 Å². The van der Waals surface area contributed by atoms with Crippen LogP contribution in [-0.2, 0) is 0 Å². The third-order valence-electron chi connectivity index (χ3n) is 3.54. The summed E-state index contributed by atoms with van der Waals surface area (Å²) in [4.78, 5) is 6.74. The van der Waals surface area contributed by atoms with Crippen LogP contribution in [0.3, 0.4) is 0 Å². The Morgan fingerprint density at radius 2 is 1.95 bits per heavy atom. The van der Waals surface area contributed by atoms with Gasteiger partial charge in [-0.15, -0.1) is 5.10 Å². The van der Waals surface area contributed by atoms with Crippen LogP contribution in [-0.4, -0.2) is 55.6 Å². The predicted molar refractivity (Wildman–Crippen MR) is 80.0 cm³/mol. The van der Waals surface area contributed by atoms with E-state index >= 15 is 0 Å². The SMILES string of the molecule is COc1ccc(-c2nc(N3CCNCC3)n[nH]2)c(OC)c1. The van der Waals surface area contributed by atoms with E-state index in [1.54, 1.807) is 14.2 Å². The summed E-state index contributed by atoms with van der Waals surface area (Å²) in [6, 6.07) is 5.63. The van der Waals surface area contributed by atoms with Gasteiger partial charge in [0.05, 0.1) is 19.8 Å². The third-order valence-corrected chi connectivity index (χ3v) is 3.54. The van der Waals surface area contributed by atoms with Crippen molar-refractivity contribution >= 4 is 5.95 Å². The molecule has 0 bridgehead atoms. The molecule has 7 heteroatoms. The van der Waals surface area contributed by atoms with Crippen LogP contribution in [0.25, 0.3) is 11.4 Å². The Labute approximate surface area is 123 Å². The summed E-state index contributed by atoms with van der Waals surface area (Å²) in [5.41, 5.74) is 0.868. The number of nitrogens with zero attached hydrogens (tertiary/aromatic N) is 3. The van der Waals surface area contributed by atoms with E-state index in [4.69, 9.17) is 9.47 Å². The zero-order valence-electron chi connectivity index (χ0n) is 12.2. The van der Waals surface area contributed by atoms with Gasteiger partial charge in [-0.3, -0.25) is 5.10 Å². The standard InChI is InChI=1S/C14H19N5O2/c1-20-10-3-4-11(12(9-10)21-2)13-16-14(18-17-13)19-7-5-15-6-8-19/h3-4,9,15H,5-8H2,1-2H3,(H,16,17,18). The van der Waals surface area contributed by atoms with E-state index in [1.165, 1.54) is 0 Å². The molecular weight excluding hydrogens is 270 g/mol. The number of rotatable bonds is 4. The van der Waals surface area contributed by atoms with Crippen LogP contribution < -0.4 is 19.7 Å². The number of benzene rings is 1. The second-order valence-corrected chi connectivity index (χ2v) is 4.79. The molecule has 1 aromatic heterocycles. The molecule has 0 radical (unpaired) electrons. The molecule has 0 spiro atoms. The van der Waals surface area contributed by atoms with Gasteiger partial charge in [0.1, 0.15) is 11.5 Å². The second-order valence-electron chi connectivity index (χ2n) is 4.79. The van der Waals surface area contributed by atoms with Crippen LogP contribution in [0.4, 0.5) is 5.95 Å². The quantitative estimate of drug-likeness (QED) is 0.871. The lowest BCUT2D eigenvalue weighted by molar-refractivity contribution is 0.395. The first-order valence-corrected chi connectivity index (χ1v) is 6.92. The van der Waals surface area contributed by atoms with E-state index in [-0.39, 0.29) is 0 Å². The van der Waals surface area contributed by atoms with Crippen molar-refractivity contribution in [2.24, 2.45) is 0 Å². The highest BCUT2D eigenvalue weighted by Crippen LogP contribution is 2.31. The zero-order chi connectivity index (χ0) is 14.7. The largest absolute Gasteiger partial charge is 0.497 e. The highest BCUT2D eigenvalue weighted by Gasteiger charge is 2.17. The monoisotopic (exact) mass is 289 g/mol. The van der Waals surface area contributed by atoms with Crippen molar-refractivity contribution in [3.05, 3.63) is 18.2 Å². The van der Waals surface area contributed by atoms with Gasteiger partial charge in [-0.25, -0.2) is 0 Å². The normalized spacial score (nSPS) is 15.0. The number of H-pyrrole nitrogens is 1. The molecule has 7 nitrogen and oxygen atoms in total. The number of ether oxygens (including phenoxy) is 2. The van der Waals surface area contributed by atoms with Crippen molar-refractivity contribution in [1.82, 2.24) is 20.5 Å². The van der Waals surface area contributed by atoms with Gasteiger partial charge in [0.15, 0.2) is 5.82 Å². The minimum Gasteiger partial charge on any atom is -0.497 e. The smallest absolute Gasteiger partial charge is 0.245 e. The third kappa shape index (κ3) is 2.78. The van der Waals surface area contributed by atoms with Crippen LogP contribution in [0, 0.1) is 0 Å². The maximum absolute atomic E-state index is 5.41. The van der Waals surface area contributed by atoms with E-state index in [0.29, 0.717) is 11.6 Å². The van der Waals surface area contributed by atoms with Crippen molar-refractivity contribution in [3.8, 4) is 22.9 Å². The molecule has 1 aliphatic rings. The lowest BCUT2D eigenvalue weighted by atomic mass is 10.2. The molecule has 2 heterocycles. The van der Waals surface area contributed by atoms with Crippen LogP contribution in [0.1, 0.15) is 0 Å². The van der Waals surface area contributed by atoms with Gasteiger partial charge in [0.25, 0.3) is 0 Å². The number of hydrogen-bond donors (Lipinski definition) is 2. The zero-order valence-corrected chi connectivity index (χ0v) is 12.2. The molecule has 2 aromatic rings. The van der Waals surface area contributed by atoms with Crippen molar-refractivity contribution in [3.63, 3.8) is 0 Å². The number of piperazine rings is 1. The molecule has 0 aliphatic carbocycles. The Balaban J connectivity index is 1.88. The first-order valence-electron chi connectivity index (χ1n) is 6.92. The Morgan fingerprint density at radius 1 is 1.14 bits per heavy atom. The molecule has 1 fully saturated rings. The first-order chi connectivity index (χ1) is 10.3. The summed E-state index contributed by atoms with van der Waals surface area (Å²) in [7, 11) is 3.26. The lowest BCUT2D eigenvalue weighted by Gasteiger charge is -2.25. The molecule has 0 unspecified atom stereocenters. The van der Waals surface area contributed by atoms with Gasteiger partial charge in [0, 0.05) is 32.2 Å². The fourth-order valence-corrected chi connectivity index (χ4v) is 2.37. The summed E-state index contributed by atoms with van der Waals surface area (Å²) in [5.74, 6) is 2.88. The highest BCUT2D eigenvalue weighted by molar-refractivity contribution is 5.66. The summed E-state index contributed by atoms with van der Waals surface area (Å²) in [5, 5.41) is 10.6. The maximum Gasteiger partial charge on any atom is 0.245 e. The highest BCUT2D eigenvalue weighted by atomic mass is 16.5. The van der Waals surface area contributed by atoms with Crippen molar-refractivity contribution in [1.29, 1.82) is 0 Å². The van der Waals surface area contributed by atoms with Crippen molar-refractivity contribution in [2.75, 3.05) is 45.3 Å². The molecule has 1 aromatic carbocycles. The minimum absolute atomic E-state index is 0.697. The van der Waals surface area contributed by atoms with Gasteiger partial charge < -0.3 is 19.7 Å². The minimum atomic E-state index is 0.697. The van der Waals surface area contributed by atoms with Crippen LogP contribution in [0.5, 0.6) is 11.5 Å². The fraction of sp³-hybridized carbons (Fsp3) is 0.429. The van der Waals surface area contributed by atoms with Crippen molar-refractivity contribution < 1.29 is 9.47 Å². The predicted octanol–water partition coefficient (Wildman–Crippen LogP) is 0.898. The fourth-order valence-electron chi connectivity index (χ4n) is 2.37. The summed E-state index contributed by atoms with van der Waals surface area (Å²) in [6.07, 6.45) is 0. The Bertz CT molecular complexity index is 607. The summed E-state index contributed by atoms with van der Waals surface area (Å²) in [6.45, 7) is 3.74. The van der Waals surface area contributed by atoms with E-state index in [1.807, 2.05) is 18.2 Å². The van der Waals surface area contributed by atoms with Crippen LogP contribution in [0.2, 0.25) is 0 Å². The van der Waals surface area contributed by atoms with E-state index < -0.39 is 0 Å². The average molecular weight is 289 g/mol. The first kappa shape index (κ1) is 13.7. The van der Waals surface area contributed by atoms with Gasteiger partial charge >= 0.3 is 0 Å². The molecule has 1 aliphatic heterocycles. The Hall–Kier alpha value is -2.28. The molecule has 1 saturated heterocycles. The molecule has 0 saturated carbocycles. The average Bonchev–Trinajstić information content (AvgIpc) is 3.04. The Morgan fingerprint density at radius 3 is 2.67 bits per heavy atom. The topological polar surface area (TPSA) is 75.3 Å². The van der Waals surface area contributed by atoms with E-state index in [9.17, 15) is 0 Å². The number of aromatic nitrogens is 3. The lowest BCUT2D eigenvalue weighted by Crippen LogP contribution is -2.44. The van der Waals surface area contributed by atoms with E-state index in [2.05, 4.69) is 25.4 Å². The van der Waals surface area contributed by atoms with Gasteiger partial charge in [-0.2, -0.15) is 4.98 Å². The van der Waals surface area contributed by atoms with Gasteiger partial charge in [-0.1, -0.05) is 0 Å². The Kier molecular flexibility index (Phi) is 3.92. The van der Waals surface area contributed by atoms with E-state index in [0.717, 1.165) is 43.4 Å². The number of aromatic amines is 1.